The predicted octanol–water partition coefficient (Wildman–Crippen LogP) is 2.22. The number of benzene rings is 1. The molecule has 3 aromatic rings. The Kier molecular flexibility index (Phi) is 3.49. The van der Waals surface area contributed by atoms with Gasteiger partial charge in [-0.2, -0.15) is 5.10 Å². The van der Waals surface area contributed by atoms with Crippen molar-refractivity contribution >= 4 is 23.3 Å². The number of hydrogen-bond donors (Lipinski definition) is 2. The van der Waals surface area contributed by atoms with Crippen molar-refractivity contribution in [3.63, 3.8) is 0 Å². The molecule has 0 atom stereocenters. The molecule has 4 N–H and O–H groups in total. The average Bonchev–Trinajstić information content (AvgIpc) is 2.90. The van der Waals surface area contributed by atoms with E-state index < -0.39 is 0 Å². The van der Waals surface area contributed by atoms with Gasteiger partial charge in [0.1, 0.15) is 11.5 Å². The minimum atomic E-state index is 0.530. The summed E-state index contributed by atoms with van der Waals surface area (Å²) in [5, 5.41) is 5.21. The maximum atomic E-state index is 6.03. The summed E-state index contributed by atoms with van der Waals surface area (Å²) in [5.41, 5.74) is 14.9. The van der Waals surface area contributed by atoms with Gasteiger partial charge in [0.15, 0.2) is 5.16 Å². The van der Waals surface area contributed by atoms with Crippen molar-refractivity contribution in [1.29, 1.82) is 0 Å². The molecule has 0 spiro atoms. The monoisotopic (exact) mass is 298 g/mol. The van der Waals surface area contributed by atoms with Gasteiger partial charge in [0.2, 0.25) is 0 Å². The maximum Gasteiger partial charge on any atom is 0.187 e. The van der Waals surface area contributed by atoms with Crippen molar-refractivity contribution in [1.82, 2.24) is 19.7 Å². The standard InChI is InChI=1S/C14H14N6S/c1-21-14-17-7-11(8-18-14)20-13(16)6-12(19-20)9-2-4-10(15)5-3-9/h2-8H,15-16H2,1H3. The first-order valence-corrected chi connectivity index (χ1v) is 7.47. The molecule has 3 rings (SSSR count). The molecule has 7 heteroatoms. The molecule has 0 aliphatic carbocycles. The highest BCUT2D eigenvalue weighted by atomic mass is 32.2. The molecule has 0 unspecified atom stereocenters. The third kappa shape index (κ3) is 2.68. The third-order valence-electron chi connectivity index (χ3n) is 2.99. The van der Waals surface area contributed by atoms with Gasteiger partial charge in [-0.15, -0.1) is 0 Å². The van der Waals surface area contributed by atoms with Crippen molar-refractivity contribution in [3.05, 3.63) is 42.7 Å². The molecule has 0 bridgehead atoms. The van der Waals surface area contributed by atoms with Crippen LogP contribution in [0.4, 0.5) is 11.5 Å². The smallest absolute Gasteiger partial charge is 0.187 e. The van der Waals surface area contributed by atoms with E-state index in [1.807, 2.05) is 36.6 Å². The summed E-state index contributed by atoms with van der Waals surface area (Å²) in [5.74, 6) is 0.530. The lowest BCUT2D eigenvalue weighted by Gasteiger charge is -2.03. The summed E-state index contributed by atoms with van der Waals surface area (Å²) in [6.07, 6.45) is 5.33. The van der Waals surface area contributed by atoms with Crippen LogP contribution in [0.25, 0.3) is 16.9 Å². The Labute approximate surface area is 126 Å². The minimum absolute atomic E-state index is 0.530. The Morgan fingerprint density at radius 1 is 1.05 bits per heavy atom. The normalized spacial score (nSPS) is 10.7. The summed E-state index contributed by atoms with van der Waals surface area (Å²) in [6, 6.07) is 9.30. The van der Waals surface area contributed by atoms with E-state index >= 15 is 0 Å². The molecule has 6 nitrogen and oxygen atoms in total. The van der Waals surface area contributed by atoms with Crippen LogP contribution in [0.3, 0.4) is 0 Å². The van der Waals surface area contributed by atoms with E-state index in [1.165, 1.54) is 11.8 Å². The lowest BCUT2D eigenvalue weighted by molar-refractivity contribution is 0.852. The van der Waals surface area contributed by atoms with Crippen LogP contribution in [-0.4, -0.2) is 26.0 Å². The van der Waals surface area contributed by atoms with Gasteiger partial charge in [-0.1, -0.05) is 23.9 Å². The molecule has 0 amide bonds. The third-order valence-corrected chi connectivity index (χ3v) is 3.56. The van der Waals surface area contributed by atoms with Crippen molar-refractivity contribution in [2.45, 2.75) is 5.16 Å². The molecule has 1 aromatic carbocycles. The van der Waals surface area contributed by atoms with Gasteiger partial charge in [0, 0.05) is 17.3 Å². The van der Waals surface area contributed by atoms with E-state index in [0.29, 0.717) is 16.7 Å². The van der Waals surface area contributed by atoms with Crippen LogP contribution in [0.2, 0.25) is 0 Å². The molecular weight excluding hydrogens is 284 g/mol. The second-order valence-corrected chi connectivity index (χ2v) is 5.19. The zero-order chi connectivity index (χ0) is 14.8. The maximum absolute atomic E-state index is 6.03. The molecule has 0 radical (unpaired) electrons. The summed E-state index contributed by atoms with van der Waals surface area (Å²) >= 11 is 1.49. The second-order valence-electron chi connectivity index (χ2n) is 4.42. The lowest BCUT2D eigenvalue weighted by atomic mass is 10.1. The van der Waals surface area contributed by atoms with E-state index in [0.717, 1.165) is 16.9 Å². The summed E-state index contributed by atoms with van der Waals surface area (Å²) < 4.78 is 1.62. The molecule has 0 saturated heterocycles. The number of nitrogens with zero attached hydrogens (tertiary/aromatic N) is 4. The SMILES string of the molecule is CSc1ncc(-n2nc(-c3ccc(N)cc3)cc2N)cn1. The molecule has 106 valence electrons. The van der Waals surface area contributed by atoms with Gasteiger partial charge < -0.3 is 11.5 Å². The highest BCUT2D eigenvalue weighted by Gasteiger charge is 2.09. The van der Waals surface area contributed by atoms with E-state index in [1.54, 1.807) is 17.1 Å². The van der Waals surface area contributed by atoms with Gasteiger partial charge in [0.25, 0.3) is 0 Å². The van der Waals surface area contributed by atoms with Crippen molar-refractivity contribution in [2.24, 2.45) is 0 Å². The highest BCUT2D eigenvalue weighted by Crippen LogP contribution is 2.23. The molecule has 0 aliphatic rings. The second kappa shape index (κ2) is 5.45. The number of aromatic nitrogens is 4. The number of nitrogen functional groups attached to an aromatic ring is 2. The van der Waals surface area contributed by atoms with E-state index in [-0.39, 0.29) is 0 Å². The molecule has 2 heterocycles. The van der Waals surface area contributed by atoms with Crippen LogP contribution in [-0.2, 0) is 0 Å². The Balaban J connectivity index is 1.98. The zero-order valence-electron chi connectivity index (χ0n) is 11.4. The quantitative estimate of drug-likeness (QED) is 0.437. The fourth-order valence-electron chi connectivity index (χ4n) is 1.92. The first-order chi connectivity index (χ1) is 10.2. The largest absolute Gasteiger partial charge is 0.399 e. The number of nitrogens with two attached hydrogens (primary N) is 2. The van der Waals surface area contributed by atoms with Gasteiger partial charge >= 0.3 is 0 Å². The van der Waals surface area contributed by atoms with E-state index in [9.17, 15) is 0 Å². The number of thioether (sulfide) groups is 1. The van der Waals surface area contributed by atoms with Crippen molar-refractivity contribution in [2.75, 3.05) is 17.7 Å². The fourth-order valence-corrected chi connectivity index (χ4v) is 2.24. The molecule has 0 aliphatic heterocycles. The Hall–Kier alpha value is -2.54. The average molecular weight is 298 g/mol. The fraction of sp³-hybridized carbons (Fsp3) is 0.0714. The molecule has 2 aromatic heterocycles. The lowest BCUT2D eigenvalue weighted by Crippen LogP contribution is -2.03. The molecule has 0 saturated carbocycles. The first-order valence-electron chi connectivity index (χ1n) is 6.25. The Morgan fingerprint density at radius 2 is 1.71 bits per heavy atom. The molecule has 21 heavy (non-hydrogen) atoms. The number of anilines is 2. The highest BCUT2D eigenvalue weighted by molar-refractivity contribution is 7.98. The zero-order valence-corrected chi connectivity index (χ0v) is 12.2. The van der Waals surface area contributed by atoms with E-state index in [2.05, 4.69) is 15.1 Å². The van der Waals surface area contributed by atoms with Crippen LogP contribution in [0, 0.1) is 0 Å². The van der Waals surface area contributed by atoms with Crippen LogP contribution < -0.4 is 11.5 Å². The minimum Gasteiger partial charge on any atom is -0.399 e. The van der Waals surface area contributed by atoms with Crippen LogP contribution in [0.1, 0.15) is 0 Å². The molecule has 0 fully saturated rings. The van der Waals surface area contributed by atoms with Crippen LogP contribution in [0.5, 0.6) is 0 Å². The van der Waals surface area contributed by atoms with Crippen molar-refractivity contribution in [3.8, 4) is 16.9 Å². The van der Waals surface area contributed by atoms with Gasteiger partial charge in [0.05, 0.1) is 18.1 Å². The van der Waals surface area contributed by atoms with E-state index in [4.69, 9.17) is 11.5 Å². The van der Waals surface area contributed by atoms with Crippen LogP contribution >= 0.6 is 11.8 Å². The summed E-state index contributed by atoms with van der Waals surface area (Å²) in [6.45, 7) is 0. The van der Waals surface area contributed by atoms with Crippen molar-refractivity contribution < 1.29 is 0 Å². The van der Waals surface area contributed by atoms with Gasteiger partial charge in [-0.05, 0) is 18.4 Å². The predicted molar refractivity (Wildman–Crippen MR) is 85.2 cm³/mol. The molecular formula is C14H14N6S. The number of rotatable bonds is 3. The Morgan fingerprint density at radius 3 is 2.33 bits per heavy atom. The van der Waals surface area contributed by atoms with Crippen LogP contribution in [0.15, 0.2) is 47.9 Å². The number of hydrogen-bond acceptors (Lipinski definition) is 6. The van der Waals surface area contributed by atoms with Gasteiger partial charge in [-0.25, -0.2) is 14.6 Å². The van der Waals surface area contributed by atoms with Gasteiger partial charge in [-0.3, -0.25) is 0 Å². The first kappa shape index (κ1) is 13.4. The summed E-state index contributed by atoms with van der Waals surface area (Å²) in [4.78, 5) is 8.45. The summed E-state index contributed by atoms with van der Waals surface area (Å²) in [7, 11) is 0. The topological polar surface area (TPSA) is 95.6 Å². The Bertz CT molecular complexity index is 748.